The Morgan fingerprint density at radius 3 is 2.47 bits per heavy atom. The summed E-state index contributed by atoms with van der Waals surface area (Å²) >= 11 is 3.18. The maximum absolute atomic E-state index is 11.9. The predicted molar refractivity (Wildman–Crippen MR) is 76.9 cm³/mol. The van der Waals surface area contributed by atoms with Crippen LogP contribution in [-0.2, 0) is 4.79 Å². The van der Waals surface area contributed by atoms with Crippen LogP contribution in [-0.4, -0.2) is 16.9 Å². The molecule has 1 aromatic carbocycles. The van der Waals surface area contributed by atoms with E-state index in [4.69, 9.17) is 5.73 Å². The third kappa shape index (κ3) is 4.00. The number of hydrogen-bond acceptors (Lipinski definition) is 4. The highest BCUT2D eigenvalue weighted by molar-refractivity contribution is 9.10. The smallest absolute Gasteiger partial charge is 0.270 e. The van der Waals surface area contributed by atoms with Crippen LogP contribution in [0.1, 0.15) is 20.8 Å². The zero-order valence-corrected chi connectivity index (χ0v) is 12.5. The number of rotatable bonds is 3. The van der Waals surface area contributed by atoms with Crippen molar-refractivity contribution < 1.29 is 9.72 Å². The number of nitrogens with one attached hydrogen (secondary N) is 1. The first-order valence-electron chi connectivity index (χ1n) is 5.63. The van der Waals surface area contributed by atoms with E-state index in [1.165, 1.54) is 18.2 Å². The quantitative estimate of drug-likeness (QED) is 0.657. The van der Waals surface area contributed by atoms with Crippen molar-refractivity contribution in [3.05, 3.63) is 32.8 Å². The molecule has 104 valence electrons. The minimum absolute atomic E-state index is 0.0509. The summed E-state index contributed by atoms with van der Waals surface area (Å²) in [6, 6.07) is 3.45. The minimum Gasteiger partial charge on any atom is -0.324 e. The van der Waals surface area contributed by atoms with Gasteiger partial charge in [-0.3, -0.25) is 14.9 Å². The Labute approximate surface area is 119 Å². The van der Waals surface area contributed by atoms with Gasteiger partial charge in [-0.25, -0.2) is 0 Å². The third-order valence-electron chi connectivity index (χ3n) is 2.64. The lowest BCUT2D eigenvalue weighted by molar-refractivity contribution is -0.384. The van der Waals surface area contributed by atoms with E-state index in [0.29, 0.717) is 10.2 Å². The topological polar surface area (TPSA) is 98.3 Å². The van der Waals surface area contributed by atoms with Crippen LogP contribution in [0, 0.1) is 15.5 Å². The van der Waals surface area contributed by atoms with Gasteiger partial charge in [-0.2, -0.15) is 0 Å². The van der Waals surface area contributed by atoms with Gasteiger partial charge in [-0.15, -0.1) is 0 Å². The second kappa shape index (κ2) is 5.66. The molecule has 1 amide bonds. The number of non-ortho nitro benzene ring substituents is 1. The van der Waals surface area contributed by atoms with E-state index >= 15 is 0 Å². The van der Waals surface area contributed by atoms with Crippen LogP contribution >= 0.6 is 15.9 Å². The van der Waals surface area contributed by atoms with Crippen molar-refractivity contribution >= 4 is 33.2 Å². The Hall–Kier alpha value is -1.47. The molecular weight excluding hydrogens is 314 g/mol. The van der Waals surface area contributed by atoms with Gasteiger partial charge in [0.15, 0.2) is 0 Å². The molecule has 0 aromatic heterocycles. The van der Waals surface area contributed by atoms with E-state index in [9.17, 15) is 14.9 Å². The Morgan fingerprint density at radius 2 is 2.05 bits per heavy atom. The van der Waals surface area contributed by atoms with Gasteiger partial charge in [0.2, 0.25) is 5.91 Å². The van der Waals surface area contributed by atoms with Crippen LogP contribution < -0.4 is 11.1 Å². The summed E-state index contributed by atoms with van der Waals surface area (Å²) in [5.41, 5.74) is 5.87. The van der Waals surface area contributed by atoms with Crippen LogP contribution in [0.2, 0.25) is 0 Å². The maximum Gasteiger partial charge on any atom is 0.270 e. The molecule has 0 radical (unpaired) electrons. The van der Waals surface area contributed by atoms with Crippen LogP contribution in [0.3, 0.4) is 0 Å². The highest BCUT2D eigenvalue weighted by atomic mass is 79.9. The summed E-state index contributed by atoms with van der Waals surface area (Å²) in [6.45, 7) is 5.59. The summed E-state index contributed by atoms with van der Waals surface area (Å²) in [5.74, 6) is -0.331. The molecule has 0 unspecified atom stereocenters. The molecule has 1 atom stereocenters. The van der Waals surface area contributed by atoms with Crippen LogP contribution in [0.25, 0.3) is 0 Å². The van der Waals surface area contributed by atoms with Gasteiger partial charge in [0.05, 0.1) is 16.7 Å². The minimum atomic E-state index is -0.672. The van der Waals surface area contributed by atoms with E-state index in [1.54, 1.807) is 0 Å². The molecule has 0 aliphatic heterocycles. The van der Waals surface area contributed by atoms with Gasteiger partial charge in [0.1, 0.15) is 0 Å². The van der Waals surface area contributed by atoms with Gasteiger partial charge in [0.25, 0.3) is 5.69 Å². The van der Waals surface area contributed by atoms with E-state index in [-0.39, 0.29) is 17.0 Å². The van der Waals surface area contributed by atoms with Crippen LogP contribution in [0.5, 0.6) is 0 Å². The van der Waals surface area contributed by atoms with Crippen molar-refractivity contribution in [1.82, 2.24) is 0 Å². The number of amides is 1. The molecule has 1 aromatic rings. The number of nitro groups is 1. The fraction of sp³-hybridized carbons (Fsp3) is 0.417. The number of anilines is 1. The number of nitro benzene ring substituents is 1. The van der Waals surface area contributed by atoms with Gasteiger partial charge >= 0.3 is 0 Å². The summed E-state index contributed by atoms with van der Waals surface area (Å²) in [7, 11) is 0. The summed E-state index contributed by atoms with van der Waals surface area (Å²) in [6.07, 6.45) is 0. The Bertz CT molecular complexity index is 511. The molecule has 0 aliphatic carbocycles. The van der Waals surface area contributed by atoms with E-state index < -0.39 is 11.0 Å². The summed E-state index contributed by atoms with van der Waals surface area (Å²) in [5, 5.41) is 13.3. The number of halogens is 1. The van der Waals surface area contributed by atoms with Crippen molar-refractivity contribution in [3.8, 4) is 0 Å². The molecule has 6 nitrogen and oxygen atoms in total. The average molecular weight is 330 g/mol. The standard InChI is InChI=1S/C12H16BrN3O3/c1-12(2,3)10(14)11(17)15-9-5-4-7(16(18)19)6-8(9)13/h4-6,10H,14H2,1-3H3,(H,15,17)/t10-/m1/s1. The van der Waals surface area contributed by atoms with E-state index in [2.05, 4.69) is 21.2 Å². The predicted octanol–water partition coefficient (Wildman–Crippen LogP) is 2.67. The fourth-order valence-electron chi connectivity index (χ4n) is 1.32. The number of carbonyl (C=O) groups excluding carboxylic acids is 1. The molecule has 0 aliphatic rings. The number of nitrogens with two attached hydrogens (primary N) is 1. The van der Waals surface area contributed by atoms with Crippen molar-refractivity contribution in [2.24, 2.45) is 11.1 Å². The van der Waals surface area contributed by atoms with Crippen molar-refractivity contribution in [2.75, 3.05) is 5.32 Å². The summed E-state index contributed by atoms with van der Waals surface area (Å²) in [4.78, 5) is 22.0. The van der Waals surface area contributed by atoms with Crippen molar-refractivity contribution in [1.29, 1.82) is 0 Å². The molecule has 0 fully saturated rings. The highest BCUT2D eigenvalue weighted by Crippen LogP contribution is 2.28. The largest absolute Gasteiger partial charge is 0.324 e. The molecule has 0 spiro atoms. The molecule has 7 heteroatoms. The van der Waals surface area contributed by atoms with Gasteiger partial charge < -0.3 is 11.1 Å². The third-order valence-corrected chi connectivity index (χ3v) is 3.29. The molecule has 1 rings (SSSR count). The zero-order valence-electron chi connectivity index (χ0n) is 10.9. The maximum atomic E-state index is 11.9. The van der Waals surface area contributed by atoms with Gasteiger partial charge in [0, 0.05) is 16.6 Å². The number of hydrogen-bond donors (Lipinski definition) is 2. The molecule has 0 saturated heterocycles. The van der Waals surface area contributed by atoms with Crippen LogP contribution in [0.15, 0.2) is 22.7 Å². The first kappa shape index (κ1) is 15.6. The molecule has 3 N–H and O–H groups in total. The van der Waals surface area contributed by atoms with Gasteiger partial charge in [-0.05, 0) is 27.4 Å². The highest BCUT2D eigenvalue weighted by Gasteiger charge is 2.27. The molecule has 0 saturated carbocycles. The lowest BCUT2D eigenvalue weighted by atomic mass is 9.87. The number of benzene rings is 1. The molecule has 0 heterocycles. The first-order chi connectivity index (χ1) is 8.62. The first-order valence-corrected chi connectivity index (χ1v) is 6.42. The SMILES string of the molecule is CC(C)(C)[C@H](N)C(=O)Nc1ccc([N+](=O)[O-])cc1Br. The Kier molecular flexibility index (Phi) is 4.65. The lowest BCUT2D eigenvalue weighted by Crippen LogP contribution is -2.45. The van der Waals surface area contributed by atoms with Gasteiger partial charge in [-0.1, -0.05) is 20.8 Å². The molecular formula is C12H16BrN3O3. The second-order valence-corrected chi connectivity index (χ2v) is 6.11. The monoisotopic (exact) mass is 329 g/mol. The second-order valence-electron chi connectivity index (χ2n) is 5.25. The molecule has 0 bridgehead atoms. The fourth-order valence-corrected chi connectivity index (χ4v) is 1.79. The van der Waals surface area contributed by atoms with E-state index in [0.717, 1.165) is 0 Å². The van der Waals surface area contributed by atoms with Crippen LogP contribution in [0.4, 0.5) is 11.4 Å². The number of nitrogens with zero attached hydrogens (tertiary/aromatic N) is 1. The lowest BCUT2D eigenvalue weighted by Gasteiger charge is -2.25. The van der Waals surface area contributed by atoms with Crippen molar-refractivity contribution in [2.45, 2.75) is 26.8 Å². The Balaban J connectivity index is 2.89. The van der Waals surface area contributed by atoms with Crippen molar-refractivity contribution in [3.63, 3.8) is 0 Å². The molecule has 19 heavy (non-hydrogen) atoms. The Morgan fingerprint density at radius 1 is 1.47 bits per heavy atom. The summed E-state index contributed by atoms with van der Waals surface area (Å²) < 4.78 is 0.441. The normalized spacial score (nSPS) is 12.9. The van der Waals surface area contributed by atoms with E-state index in [1.807, 2.05) is 20.8 Å². The average Bonchev–Trinajstić information content (AvgIpc) is 2.29. The number of carbonyl (C=O) groups is 1. The zero-order chi connectivity index (χ0) is 14.8.